The molecule has 1 rings (SSSR count). The van der Waals surface area contributed by atoms with E-state index in [4.69, 9.17) is 5.73 Å². The summed E-state index contributed by atoms with van der Waals surface area (Å²) in [6.07, 6.45) is 0. The molecule has 16 heavy (non-hydrogen) atoms. The van der Waals surface area contributed by atoms with Crippen LogP contribution in [-0.2, 0) is 0 Å². The predicted octanol–water partition coefficient (Wildman–Crippen LogP) is 1.05. The van der Waals surface area contributed by atoms with E-state index >= 15 is 0 Å². The van der Waals surface area contributed by atoms with Crippen LogP contribution in [0, 0.1) is 10.1 Å². The van der Waals surface area contributed by atoms with Crippen molar-refractivity contribution in [2.24, 2.45) is 5.73 Å². The van der Waals surface area contributed by atoms with Gasteiger partial charge in [-0.15, -0.1) is 0 Å². The second-order valence-electron chi connectivity index (χ2n) is 2.97. The summed E-state index contributed by atoms with van der Waals surface area (Å²) in [5.74, 6) is -0.388. The lowest BCUT2D eigenvalue weighted by atomic mass is 10.2. The number of benzene rings is 1. The number of nitro benzene ring substituents is 1. The quantitative estimate of drug-likeness (QED) is 0.639. The molecule has 0 radical (unpaired) electrons. The van der Waals surface area contributed by atoms with Crippen molar-refractivity contribution < 1.29 is 9.72 Å². The first-order chi connectivity index (χ1) is 7.56. The Bertz CT molecular complexity index is 422. The second-order valence-corrected chi connectivity index (χ2v) is 3.82. The first-order valence-electron chi connectivity index (χ1n) is 4.48. The van der Waals surface area contributed by atoms with Gasteiger partial charge in [0.2, 0.25) is 0 Å². The van der Waals surface area contributed by atoms with Gasteiger partial charge in [-0.2, -0.15) is 0 Å². The Kier molecular flexibility index (Phi) is 4.39. The SMILES string of the molecule is NCCNC(=O)c1cc([N+](=O)[O-])ccc1Br. The molecule has 0 atom stereocenters. The summed E-state index contributed by atoms with van der Waals surface area (Å²) in [5, 5.41) is 13.1. The number of nitrogens with zero attached hydrogens (tertiary/aromatic N) is 1. The summed E-state index contributed by atoms with van der Waals surface area (Å²) in [4.78, 5) is 21.6. The minimum Gasteiger partial charge on any atom is -0.351 e. The van der Waals surface area contributed by atoms with Crippen LogP contribution in [0.3, 0.4) is 0 Å². The van der Waals surface area contributed by atoms with Gasteiger partial charge in [-0.05, 0) is 22.0 Å². The van der Waals surface area contributed by atoms with Gasteiger partial charge in [0.25, 0.3) is 11.6 Å². The minimum absolute atomic E-state index is 0.124. The largest absolute Gasteiger partial charge is 0.351 e. The molecule has 0 unspecified atom stereocenters. The van der Waals surface area contributed by atoms with Crippen LogP contribution in [0.5, 0.6) is 0 Å². The smallest absolute Gasteiger partial charge is 0.270 e. The number of carbonyl (C=O) groups excluding carboxylic acids is 1. The van der Waals surface area contributed by atoms with Crippen LogP contribution in [0.15, 0.2) is 22.7 Å². The second kappa shape index (κ2) is 5.57. The topological polar surface area (TPSA) is 98.3 Å². The highest BCUT2D eigenvalue weighted by atomic mass is 79.9. The number of hydrogen-bond donors (Lipinski definition) is 2. The number of rotatable bonds is 4. The number of hydrogen-bond acceptors (Lipinski definition) is 4. The summed E-state index contributed by atoms with van der Waals surface area (Å²) in [7, 11) is 0. The third-order valence-corrected chi connectivity index (χ3v) is 2.53. The number of nitrogens with two attached hydrogens (primary N) is 1. The molecule has 0 bridgehead atoms. The summed E-state index contributed by atoms with van der Waals surface area (Å²) in [5.41, 5.74) is 5.34. The molecule has 7 heteroatoms. The van der Waals surface area contributed by atoms with E-state index < -0.39 is 4.92 Å². The molecule has 0 aliphatic carbocycles. The lowest BCUT2D eigenvalue weighted by molar-refractivity contribution is -0.384. The van der Waals surface area contributed by atoms with Gasteiger partial charge in [0.05, 0.1) is 10.5 Å². The molecule has 86 valence electrons. The Morgan fingerprint density at radius 1 is 1.56 bits per heavy atom. The fourth-order valence-corrected chi connectivity index (χ4v) is 1.51. The molecule has 0 aliphatic rings. The van der Waals surface area contributed by atoms with Gasteiger partial charge < -0.3 is 11.1 Å². The van der Waals surface area contributed by atoms with E-state index in [-0.39, 0.29) is 17.2 Å². The van der Waals surface area contributed by atoms with Crippen LogP contribution in [-0.4, -0.2) is 23.9 Å². The van der Waals surface area contributed by atoms with E-state index in [9.17, 15) is 14.9 Å². The molecule has 1 amide bonds. The van der Waals surface area contributed by atoms with E-state index in [2.05, 4.69) is 21.2 Å². The standard InChI is InChI=1S/C9H10BrN3O3/c10-8-2-1-6(13(15)16)5-7(8)9(14)12-4-3-11/h1-2,5H,3-4,11H2,(H,12,14). The Morgan fingerprint density at radius 2 is 2.25 bits per heavy atom. The van der Waals surface area contributed by atoms with E-state index in [1.165, 1.54) is 18.2 Å². The Hall–Kier alpha value is -1.47. The number of non-ortho nitro benzene ring substituents is 1. The molecule has 6 nitrogen and oxygen atoms in total. The molecule has 0 aliphatic heterocycles. The highest BCUT2D eigenvalue weighted by Gasteiger charge is 2.14. The van der Waals surface area contributed by atoms with Crippen molar-refractivity contribution in [3.05, 3.63) is 38.3 Å². The zero-order valence-electron chi connectivity index (χ0n) is 8.27. The summed E-state index contributed by atoms with van der Waals surface area (Å²) < 4.78 is 0.507. The fraction of sp³-hybridized carbons (Fsp3) is 0.222. The van der Waals surface area contributed by atoms with E-state index in [0.29, 0.717) is 17.6 Å². The average Bonchev–Trinajstić information content (AvgIpc) is 2.26. The Balaban J connectivity index is 2.97. The predicted molar refractivity (Wildman–Crippen MR) is 62.2 cm³/mol. The third-order valence-electron chi connectivity index (χ3n) is 1.84. The highest BCUT2D eigenvalue weighted by molar-refractivity contribution is 9.10. The van der Waals surface area contributed by atoms with Crippen molar-refractivity contribution in [1.29, 1.82) is 0 Å². The molecular weight excluding hydrogens is 278 g/mol. The normalized spacial score (nSPS) is 9.88. The third kappa shape index (κ3) is 3.01. The van der Waals surface area contributed by atoms with Gasteiger partial charge in [-0.1, -0.05) is 0 Å². The Morgan fingerprint density at radius 3 is 2.81 bits per heavy atom. The van der Waals surface area contributed by atoms with Gasteiger partial charge in [0.1, 0.15) is 0 Å². The molecule has 0 aromatic heterocycles. The summed E-state index contributed by atoms with van der Waals surface area (Å²) in [6.45, 7) is 0.645. The summed E-state index contributed by atoms with van der Waals surface area (Å²) >= 11 is 3.16. The van der Waals surface area contributed by atoms with Crippen molar-refractivity contribution >= 4 is 27.5 Å². The number of halogens is 1. The van der Waals surface area contributed by atoms with Crippen LogP contribution >= 0.6 is 15.9 Å². The lowest BCUT2D eigenvalue weighted by Gasteiger charge is -2.05. The van der Waals surface area contributed by atoms with Crippen molar-refractivity contribution in [2.75, 3.05) is 13.1 Å². The van der Waals surface area contributed by atoms with Crippen LogP contribution in [0.1, 0.15) is 10.4 Å². The van der Waals surface area contributed by atoms with Gasteiger partial charge >= 0.3 is 0 Å². The maximum atomic E-state index is 11.6. The lowest BCUT2D eigenvalue weighted by Crippen LogP contribution is -2.29. The number of nitro groups is 1. The zero-order valence-corrected chi connectivity index (χ0v) is 9.86. The van der Waals surface area contributed by atoms with Crippen molar-refractivity contribution in [1.82, 2.24) is 5.32 Å². The average molecular weight is 288 g/mol. The first kappa shape index (κ1) is 12.6. The molecule has 1 aromatic rings. The molecule has 0 saturated carbocycles. The fourth-order valence-electron chi connectivity index (χ4n) is 1.08. The molecular formula is C9H10BrN3O3. The summed E-state index contributed by atoms with van der Waals surface area (Å²) in [6, 6.07) is 4.01. The molecule has 1 aromatic carbocycles. The highest BCUT2D eigenvalue weighted by Crippen LogP contribution is 2.22. The maximum Gasteiger partial charge on any atom is 0.270 e. The van der Waals surface area contributed by atoms with Crippen LogP contribution in [0.2, 0.25) is 0 Å². The van der Waals surface area contributed by atoms with Gasteiger partial charge in [-0.3, -0.25) is 14.9 Å². The van der Waals surface area contributed by atoms with E-state index in [1.54, 1.807) is 0 Å². The van der Waals surface area contributed by atoms with Crippen molar-refractivity contribution in [2.45, 2.75) is 0 Å². The number of amides is 1. The number of carbonyl (C=O) groups is 1. The minimum atomic E-state index is -0.549. The van der Waals surface area contributed by atoms with Crippen molar-refractivity contribution in [3.63, 3.8) is 0 Å². The molecule has 0 fully saturated rings. The van der Waals surface area contributed by atoms with Crippen LogP contribution in [0.4, 0.5) is 5.69 Å². The molecule has 0 heterocycles. The molecule has 0 spiro atoms. The number of nitrogens with one attached hydrogen (secondary N) is 1. The Labute approximate surface area is 100 Å². The first-order valence-corrected chi connectivity index (χ1v) is 5.27. The van der Waals surface area contributed by atoms with E-state index in [0.717, 1.165) is 0 Å². The van der Waals surface area contributed by atoms with Gasteiger partial charge in [-0.25, -0.2) is 0 Å². The van der Waals surface area contributed by atoms with Gasteiger partial charge in [0.15, 0.2) is 0 Å². The molecule has 3 N–H and O–H groups in total. The maximum absolute atomic E-state index is 11.6. The monoisotopic (exact) mass is 287 g/mol. The van der Waals surface area contributed by atoms with E-state index in [1.807, 2.05) is 0 Å². The van der Waals surface area contributed by atoms with Crippen LogP contribution in [0.25, 0.3) is 0 Å². The van der Waals surface area contributed by atoms with Crippen LogP contribution < -0.4 is 11.1 Å². The molecule has 0 saturated heterocycles. The van der Waals surface area contributed by atoms with Gasteiger partial charge in [0, 0.05) is 29.7 Å². The van der Waals surface area contributed by atoms with Crippen molar-refractivity contribution in [3.8, 4) is 0 Å². The zero-order chi connectivity index (χ0) is 12.1.